The SMILES string of the molecule is CCCOC(=O)C(C#N)=CC(=O)C(C)O. The van der Waals surface area contributed by atoms with Crippen molar-refractivity contribution in [3.63, 3.8) is 0 Å². The maximum atomic E-state index is 11.1. The minimum absolute atomic E-state index is 0.195. The number of rotatable bonds is 5. The van der Waals surface area contributed by atoms with E-state index in [1.807, 2.05) is 6.92 Å². The fourth-order valence-corrected chi connectivity index (χ4v) is 0.672. The summed E-state index contributed by atoms with van der Waals surface area (Å²) in [7, 11) is 0. The molecule has 0 aliphatic rings. The van der Waals surface area contributed by atoms with Crippen molar-refractivity contribution in [2.24, 2.45) is 0 Å². The molecule has 0 fully saturated rings. The third-order valence-corrected chi connectivity index (χ3v) is 1.48. The van der Waals surface area contributed by atoms with Gasteiger partial charge in [-0.15, -0.1) is 0 Å². The largest absolute Gasteiger partial charge is 0.462 e. The second kappa shape index (κ2) is 6.74. The highest BCUT2D eigenvalue weighted by Gasteiger charge is 2.14. The van der Waals surface area contributed by atoms with Crippen LogP contribution >= 0.6 is 0 Å². The average Bonchev–Trinajstić information content (AvgIpc) is 2.21. The monoisotopic (exact) mass is 211 g/mol. The van der Waals surface area contributed by atoms with Crippen LogP contribution in [-0.2, 0) is 14.3 Å². The van der Waals surface area contributed by atoms with E-state index in [2.05, 4.69) is 4.74 Å². The van der Waals surface area contributed by atoms with E-state index >= 15 is 0 Å². The van der Waals surface area contributed by atoms with Crippen LogP contribution in [-0.4, -0.2) is 29.6 Å². The van der Waals surface area contributed by atoms with E-state index in [4.69, 9.17) is 10.4 Å². The van der Waals surface area contributed by atoms with Crippen molar-refractivity contribution in [1.29, 1.82) is 5.26 Å². The van der Waals surface area contributed by atoms with E-state index in [0.717, 1.165) is 6.08 Å². The molecule has 0 aromatic carbocycles. The Morgan fingerprint density at radius 3 is 2.60 bits per heavy atom. The van der Waals surface area contributed by atoms with Crippen LogP contribution in [0.25, 0.3) is 0 Å². The summed E-state index contributed by atoms with van der Waals surface area (Å²) in [5, 5.41) is 17.4. The van der Waals surface area contributed by atoms with Crippen molar-refractivity contribution >= 4 is 11.8 Å². The smallest absolute Gasteiger partial charge is 0.349 e. The first-order valence-electron chi connectivity index (χ1n) is 4.53. The molecule has 0 aromatic heterocycles. The van der Waals surface area contributed by atoms with Crippen LogP contribution in [0.1, 0.15) is 20.3 Å². The summed E-state index contributed by atoms with van der Waals surface area (Å²) in [5.74, 6) is -1.53. The number of nitrogens with zero attached hydrogens (tertiary/aromatic N) is 1. The minimum atomic E-state index is -1.23. The lowest BCUT2D eigenvalue weighted by Crippen LogP contribution is -2.16. The van der Waals surface area contributed by atoms with Gasteiger partial charge in [0.25, 0.3) is 0 Å². The highest BCUT2D eigenvalue weighted by atomic mass is 16.5. The number of aliphatic hydroxyl groups excluding tert-OH is 1. The summed E-state index contributed by atoms with van der Waals surface area (Å²) in [6.07, 6.45) is 0.199. The van der Waals surface area contributed by atoms with E-state index in [-0.39, 0.29) is 6.61 Å². The highest BCUT2D eigenvalue weighted by molar-refractivity contribution is 6.03. The van der Waals surface area contributed by atoms with Gasteiger partial charge in [0.2, 0.25) is 0 Å². The standard InChI is InChI=1S/C10H13NO4/c1-3-4-15-10(14)8(6-11)5-9(13)7(2)12/h5,7,12H,3-4H2,1-2H3. The van der Waals surface area contributed by atoms with E-state index in [1.165, 1.54) is 6.92 Å². The molecule has 0 heterocycles. The lowest BCUT2D eigenvalue weighted by Gasteiger charge is -2.01. The molecule has 0 aliphatic carbocycles. The normalized spacial score (nSPS) is 12.8. The molecule has 0 radical (unpaired) electrons. The number of nitriles is 1. The van der Waals surface area contributed by atoms with Crippen molar-refractivity contribution in [2.45, 2.75) is 26.4 Å². The Bertz CT molecular complexity index is 312. The second-order valence-electron chi connectivity index (χ2n) is 2.88. The molecule has 0 aromatic rings. The summed E-state index contributed by atoms with van der Waals surface area (Å²) >= 11 is 0. The molecular weight excluding hydrogens is 198 g/mol. The number of esters is 1. The van der Waals surface area contributed by atoms with E-state index in [0.29, 0.717) is 6.42 Å². The second-order valence-corrected chi connectivity index (χ2v) is 2.88. The number of hydrogen-bond donors (Lipinski definition) is 1. The first-order chi connectivity index (χ1) is 7.02. The zero-order valence-corrected chi connectivity index (χ0v) is 8.69. The highest BCUT2D eigenvalue weighted by Crippen LogP contribution is 1.99. The van der Waals surface area contributed by atoms with Crippen LogP contribution < -0.4 is 0 Å². The molecule has 0 spiro atoms. The van der Waals surface area contributed by atoms with Gasteiger partial charge in [0, 0.05) is 6.08 Å². The molecule has 5 nitrogen and oxygen atoms in total. The fraction of sp³-hybridized carbons (Fsp3) is 0.500. The molecule has 1 unspecified atom stereocenters. The topological polar surface area (TPSA) is 87.4 Å². The van der Waals surface area contributed by atoms with Crippen molar-refractivity contribution in [3.8, 4) is 6.07 Å². The molecule has 82 valence electrons. The van der Waals surface area contributed by atoms with Gasteiger partial charge in [0.05, 0.1) is 6.61 Å². The number of carbonyl (C=O) groups is 2. The molecule has 0 rings (SSSR count). The Hall–Kier alpha value is -1.67. The number of ether oxygens (including phenoxy) is 1. The zero-order chi connectivity index (χ0) is 11.8. The quantitative estimate of drug-likeness (QED) is 0.402. The molecular formula is C10H13NO4. The van der Waals surface area contributed by atoms with Crippen LogP contribution in [0.5, 0.6) is 0 Å². The van der Waals surface area contributed by atoms with E-state index < -0.39 is 23.4 Å². The van der Waals surface area contributed by atoms with Gasteiger partial charge in [0.1, 0.15) is 17.7 Å². The first-order valence-corrected chi connectivity index (χ1v) is 4.53. The number of aliphatic hydroxyl groups is 1. The molecule has 5 heteroatoms. The maximum absolute atomic E-state index is 11.1. The minimum Gasteiger partial charge on any atom is -0.462 e. The number of ketones is 1. The summed E-state index contributed by atoms with van der Waals surface area (Å²) in [6.45, 7) is 3.26. The maximum Gasteiger partial charge on any atom is 0.349 e. The molecule has 0 saturated heterocycles. The predicted octanol–water partition coefficient (Wildman–Crippen LogP) is 0.339. The molecule has 15 heavy (non-hydrogen) atoms. The van der Waals surface area contributed by atoms with Crippen molar-refractivity contribution in [3.05, 3.63) is 11.6 Å². The zero-order valence-electron chi connectivity index (χ0n) is 8.69. The van der Waals surface area contributed by atoms with Gasteiger partial charge in [-0.1, -0.05) is 6.92 Å². The third kappa shape index (κ3) is 4.93. The van der Waals surface area contributed by atoms with Crippen molar-refractivity contribution in [1.82, 2.24) is 0 Å². The predicted molar refractivity (Wildman–Crippen MR) is 51.6 cm³/mol. The van der Waals surface area contributed by atoms with Crippen LogP contribution in [0.3, 0.4) is 0 Å². The van der Waals surface area contributed by atoms with Crippen molar-refractivity contribution in [2.75, 3.05) is 6.61 Å². The van der Waals surface area contributed by atoms with Crippen LogP contribution in [0.2, 0.25) is 0 Å². The van der Waals surface area contributed by atoms with Gasteiger partial charge in [-0.3, -0.25) is 4.79 Å². The Kier molecular flexibility index (Phi) is 5.99. The Morgan fingerprint density at radius 2 is 2.20 bits per heavy atom. The van der Waals surface area contributed by atoms with E-state index in [1.54, 1.807) is 6.07 Å². The summed E-state index contributed by atoms with van der Waals surface area (Å²) in [6, 6.07) is 1.55. The Morgan fingerprint density at radius 1 is 1.60 bits per heavy atom. The van der Waals surface area contributed by atoms with Crippen LogP contribution in [0.4, 0.5) is 0 Å². The fourth-order valence-electron chi connectivity index (χ4n) is 0.672. The van der Waals surface area contributed by atoms with Gasteiger partial charge in [-0.25, -0.2) is 4.79 Å². The van der Waals surface area contributed by atoms with Gasteiger partial charge in [-0.2, -0.15) is 5.26 Å². The van der Waals surface area contributed by atoms with Gasteiger partial charge < -0.3 is 9.84 Å². The van der Waals surface area contributed by atoms with Gasteiger partial charge in [-0.05, 0) is 13.3 Å². The molecule has 0 bridgehead atoms. The van der Waals surface area contributed by atoms with Crippen LogP contribution in [0.15, 0.2) is 11.6 Å². The Balaban J connectivity index is 4.56. The van der Waals surface area contributed by atoms with Gasteiger partial charge in [0.15, 0.2) is 5.78 Å². The molecule has 0 amide bonds. The summed E-state index contributed by atoms with van der Waals surface area (Å²) in [4.78, 5) is 22.1. The average molecular weight is 211 g/mol. The lowest BCUT2D eigenvalue weighted by molar-refractivity contribution is -0.138. The molecule has 0 saturated carbocycles. The molecule has 1 N–H and O–H groups in total. The van der Waals surface area contributed by atoms with Crippen molar-refractivity contribution < 1.29 is 19.4 Å². The van der Waals surface area contributed by atoms with E-state index in [9.17, 15) is 9.59 Å². The lowest BCUT2D eigenvalue weighted by atomic mass is 10.2. The molecule has 1 atom stereocenters. The summed E-state index contributed by atoms with van der Waals surface area (Å²) < 4.78 is 4.66. The first kappa shape index (κ1) is 13.3. The Labute approximate surface area is 88.0 Å². The molecule has 0 aliphatic heterocycles. The number of hydrogen-bond acceptors (Lipinski definition) is 5. The number of carbonyl (C=O) groups excluding carboxylic acids is 2. The third-order valence-electron chi connectivity index (χ3n) is 1.48. The summed E-state index contributed by atoms with van der Waals surface area (Å²) in [5.41, 5.74) is -0.394. The van der Waals surface area contributed by atoms with Crippen LogP contribution in [0, 0.1) is 11.3 Å². The van der Waals surface area contributed by atoms with Gasteiger partial charge >= 0.3 is 5.97 Å².